The lowest BCUT2D eigenvalue weighted by Gasteiger charge is -2.10. The van der Waals surface area contributed by atoms with Crippen molar-refractivity contribution in [2.24, 2.45) is 0 Å². The van der Waals surface area contributed by atoms with Gasteiger partial charge >= 0.3 is 0 Å². The molecule has 0 aromatic carbocycles. The third-order valence-corrected chi connectivity index (χ3v) is 1.81. The molecule has 1 unspecified atom stereocenters. The maximum atomic E-state index is 11.2. The quantitative estimate of drug-likeness (QED) is 0.517. The molecule has 0 saturated carbocycles. The van der Waals surface area contributed by atoms with E-state index in [-0.39, 0.29) is 12.0 Å². The Balaban J connectivity index is 3.23. The first-order valence-corrected chi connectivity index (χ1v) is 4.72. The largest absolute Gasteiger partial charge is 0.383 e. The standard InChI is InChI=1S/C9H20N2O3/c1-8(14-3)9(12)11-5-4-10-6-7-13-2/h8,10H,4-7H2,1-3H3,(H,11,12). The lowest BCUT2D eigenvalue weighted by molar-refractivity contribution is -0.129. The molecule has 0 bridgehead atoms. The van der Waals surface area contributed by atoms with E-state index in [2.05, 4.69) is 10.6 Å². The van der Waals surface area contributed by atoms with E-state index in [4.69, 9.17) is 9.47 Å². The molecule has 0 aromatic heterocycles. The average Bonchev–Trinajstić information content (AvgIpc) is 2.21. The van der Waals surface area contributed by atoms with Crippen molar-refractivity contribution in [3.63, 3.8) is 0 Å². The van der Waals surface area contributed by atoms with Gasteiger partial charge in [-0.2, -0.15) is 0 Å². The second kappa shape index (κ2) is 8.93. The predicted molar refractivity (Wildman–Crippen MR) is 54.2 cm³/mol. The van der Waals surface area contributed by atoms with Gasteiger partial charge in [-0.3, -0.25) is 4.79 Å². The van der Waals surface area contributed by atoms with Gasteiger partial charge in [0.2, 0.25) is 5.91 Å². The summed E-state index contributed by atoms with van der Waals surface area (Å²) in [4.78, 5) is 11.2. The zero-order valence-electron chi connectivity index (χ0n) is 9.13. The predicted octanol–water partition coefficient (Wildman–Crippen LogP) is -0.626. The normalized spacial score (nSPS) is 12.5. The SMILES string of the molecule is COCCNCCNC(=O)C(C)OC. The number of ether oxygens (including phenoxy) is 2. The molecule has 1 amide bonds. The van der Waals surface area contributed by atoms with E-state index in [1.807, 2.05) is 0 Å². The van der Waals surface area contributed by atoms with Crippen LogP contribution < -0.4 is 10.6 Å². The lowest BCUT2D eigenvalue weighted by Crippen LogP contribution is -2.38. The van der Waals surface area contributed by atoms with E-state index in [1.165, 1.54) is 7.11 Å². The van der Waals surface area contributed by atoms with Gasteiger partial charge < -0.3 is 20.1 Å². The van der Waals surface area contributed by atoms with Crippen LogP contribution in [0.15, 0.2) is 0 Å². The molecule has 1 atom stereocenters. The summed E-state index contributed by atoms with van der Waals surface area (Å²) in [6.07, 6.45) is -0.381. The topological polar surface area (TPSA) is 59.6 Å². The Morgan fingerprint density at radius 2 is 2.00 bits per heavy atom. The van der Waals surface area contributed by atoms with Gasteiger partial charge in [-0.1, -0.05) is 0 Å². The van der Waals surface area contributed by atoms with Gasteiger partial charge in [0.05, 0.1) is 6.61 Å². The van der Waals surface area contributed by atoms with Crippen LogP contribution in [0.4, 0.5) is 0 Å². The van der Waals surface area contributed by atoms with Crippen molar-refractivity contribution in [3.05, 3.63) is 0 Å². The van der Waals surface area contributed by atoms with Crippen LogP contribution in [0.1, 0.15) is 6.92 Å². The van der Waals surface area contributed by atoms with E-state index in [0.29, 0.717) is 13.2 Å². The number of rotatable bonds is 8. The maximum absolute atomic E-state index is 11.2. The van der Waals surface area contributed by atoms with Crippen molar-refractivity contribution in [2.75, 3.05) is 40.5 Å². The van der Waals surface area contributed by atoms with E-state index >= 15 is 0 Å². The molecule has 0 aliphatic heterocycles. The summed E-state index contributed by atoms with van der Waals surface area (Å²) >= 11 is 0. The molecule has 0 aromatic rings. The van der Waals surface area contributed by atoms with Crippen LogP contribution in [0.5, 0.6) is 0 Å². The monoisotopic (exact) mass is 204 g/mol. The van der Waals surface area contributed by atoms with E-state index in [0.717, 1.165) is 13.1 Å². The lowest BCUT2D eigenvalue weighted by atomic mass is 10.4. The minimum atomic E-state index is -0.381. The van der Waals surface area contributed by atoms with Crippen molar-refractivity contribution in [2.45, 2.75) is 13.0 Å². The molecular formula is C9H20N2O3. The first kappa shape index (κ1) is 13.4. The van der Waals surface area contributed by atoms with Crippen molar-refractivity contribution in [3.8, 4) is 0 Å². The fourth-order valence-electron chi connectivity index (χ4n) is 0.824. The first-order valence-electron chi connectivity index (χ1n) is 4.72. The highest BCUT2D eigenvalue weighted by Gasteiger charge is 2.09. The van der Waals surface area contributed by atoms with Crippen molar-refractivity contribution in [1.29, 1.82) is 0 Å². The molecule has 84 valence electrons. The number of hydrogen-bond acceptors (Lipinski definition) is 4. The van der Waals surface area contributed by atoms with Crippen molar-refractivity contribution >= 4 is 5.91 Å². The Bertz CT molecular complexity index is 153. The van der Waals surface area contributed by atoms with E-state index in [1.54, 1.807) is 14.0 Å². The zero-order chi connectivity index (χ0) is 10.8. The summed E-state index contributed by atoms with van der Waals surface area (Å²) in [7, 11) is 3.17. The highest BCUT2D eigenvalue weighted by atomic mass is 16.5. The molecule has 0 radical (unpaired) electrons. The molecule has 0 rings (SSSR count). The summed E-state index contributed by atoms with van der Waals surface area (Å²) in [5, 5.41) is 5.86. The Hall–Kier alpha value is -0.650. The second-order valence-corrected chi connectivity index (χ2v) is 2.91. The smallest absolute Gasteiger partial charge is 0.248 e. The minimum absolute atomic E-state index is 0.0824. The molecule has 0 spiro atoms. The van der Waals surface area contributed by atoms with Crippen LogP contribution in [0.25, 0.3) is 0 Å². The summed E-state index contributed by atoms with van der Waals surface area (Å²) in [6, 6.07) is 0. The van der Waals surface area contributed by atoms with Crippen LogP contribution in [-0.4, -0.2) is 52.5 Å². The maximum Gasteiger partial charge on any atom is 0.248 e. The highest BCUT2D eigenvalue weighted by Crippen LogP contribution is 1.85. The van der Waals surface area contributed by atoms with Crippen LogP contribution in [-0.2, 0) is 14.3 Å². The molecule has 0 aliphatic rings. The third kappa shape index (κ3) is 6.82. The van der Waals surface area contributed by atoms with Crippen molar-refractivity contribution in [1.82, 2.24) is 10.6 Å². The van der Waals surface area contributed by atoms with Crippen molar-refractivity contribution < 1.29 is 14.3 Å². The molecule has 0 fully saturated rings. The molecule has 0 heterocycles. The Kier molecular flexibility index (Phi) is 8.51. The molecule has 2 N–H and O–H groups in total. The summed E-state index contributed by atoms with van der Waals surface area (Å²) in [6.45, 7) is 4.55. The summed E-state index contributed by atoms with van der Waals surface area (Å²) in [5.74, 6) is -0.0824. The average molecular weight is 204 g/mol. The van der Waals surface area contributed by atoms with Crippen LogP contribution in [0.3, 0.4) is 0 Å². The van der Waals surface area contributed by atoms with Crippen LogP contribution in [0.2, 0.25) is 0 Å². The molecule has 14 heavy (non-hydrogen) atoms. The van der Waals surface area contributed by atoms with Gasteiger partial charge in [0.1, 0.15) is 6.10 Å². The molecular weight excluding hydrogens is 184 g/mol. The highest BCUT2D eigenvalue weighted by molar-refractivity contribution is 5.80. The Morgan fingerprint density at radius 3 is 2.57 bits per heavy atom. The third-order valence-electron chi connectivity index (χ3n) is 1.81. The second-order valence-electron chi connectivity index (χ2n) is 2.91. The fourth-order valence-corrected chi connectivity index (χ4v) is 0.824. The fraction of sp³-hybridized carbons (Fsp3) is 0.889. The summed E-state index contributed by atoms with van der Waals surface area (Å²) in [5.41, 5.74) is 0. The van der Waals surface area contributed by atoms with Gasteiger partial charge in [-0.15, -0.1) is 0 Å². The van der Waals surface area contributed by atoms with Gasteiger partial charge in [-0.05, 0) is 6.92 Å². The van der Waals surface area contributed by atoms with E-state index < -0.39 is 0 Å². The van der Waals surface area contributed by atoms with Gasteiger partial charge in [-0.25, -0.2) is 0 Å². The zero-order valence-corrected chi connectivity index (χ0v) is 9.13. The number of carbonyl (C=O) groups excluding carboxylic acids is 1. The number of amides is 1. The van der Waals surface area contributed by atoms with Crippen LogP contribution in [0, 0.1) is 0 Å². The van der Waals surface area contributed by atoms with E-state index in [9.17, 15) is 4.79 Å². The number of hydrogen-bond donors (Lipinski definition) is 2. The first-order chi connectivity index (χ1) is 6.72. The Morgan fingerprint density at radius 1 is 1.29 bits per heavy atom. The molecule has 0 aliphatic carbocycles. The number of nitrogens with one attached hydrogen (secondary N) is 2. The van der Waals surface area contributed by atoms with Gasteiger partial charge in [0.25, 0.3) is 0 Å². The number of carbonyl (C=O) groups is 1. The summed E-state index contributed by atoms with van der Waals surface area (Å²) < 4.78 is 9.71. The van der Waals surface area contributed by atoms with Crippen LogP contribution >= 0.6 is 0 Å². The minimum Gasteiger partial charge on any atom is -0.383 e. The molecule has 5 nitrogen and oxygen atoms in total. The Labute approximate surface area is 85.1 Å². The molecule has 5 heteroatoms. The molecule has 0 saturated heterocycles. The van der Waals surface area contributed by atoms with Gasteiger partial charge in [0, 0.05) is 33.9 Å². The number of methoxy groups -OCH3 is 2. The van der Waals surface area contributed by atoms with Gasteiger partial charge in [0.15, 0.2) is 0 Å².